The lowest BCUT2D eigenvalue weighted by molar-refractivity contribution is 0.0779. The molecule has 0 radical (unpaired) electrons. The van der Waals surface area contributed by atoms with Gasteiger partial charge in [-0.25, -0.2) is 0 Å². The maximum absolute atomic E-state index is 12.3. The largest absolute Gasteiger partial charge is 0.395 e. The Morgan fingerprint density at radius 2 is 2.35 bits per heavy atom. The molecule has 0 aliphatic rings. The van der Waals surface area contributed by atoms with Crippen molar-refractivity contribution in [3.63, 3.8) is 0 Å². The maximum atomic E-state index is 12.3. The Morgan fingerprint density at radius 3 is 3.05 bits per heavy atom. The van der Waals surface area contributed by atoms with Crippen molar-refractivity contribution in [3.05, 3.63) is 29.6 Å². The smallest absolute Gasteiger partial charge is 0.254 e. The van der Waals surface area contributed by atoms with Gasteiger partial charge in [0.1, 0.15) is 0 Å². The van der Waals surface area contributed by atoms with Crippen molar-refractivity contribution >= 4 is 5.91 Å². The molecule has 20 heavy (non-hydrogen) atoms. The van der Waals surface area contributed by atoms with Crippen molar-refractivity contribution in [2.75, 3.05) is 33.9 Å². The number of hydrogen-bond donors (Lipinski definition) is 1. The molecular formula is C15H20N2O3. The molecule has 0 unspecified atom stereocenters. The van der Waals surface area contributed by atoms with E-state index in [2.05, 4.69) is 16.8 Å². The molecular weight excluding hydrogens is 256 g/mol. The van der Waals surface area contributed by atoms with Crippen LogP contribution < -0.4 is 0 Å². The fraction of sp³-hybridized carbons (Fsp3) is 0.467. The van der Waals surface area contributed by atoms with Crippen molar-refractivity contribution < 1.29 is 14.6 Å². The summed E-state index contributed by atoms with van der Waals surface area (Å²) in [5.74, 6) is 5.59. The van der Waals surface area contributed by atoms with Crippen molar-refractivity contribution in [1.29, 1.82) is 0 Å². The number of rotatable bonds is 6. The maximum Gasteiger partial charge on any atom is 0.254 e. The predicted molar refractivity (Wildman–Crippen MR) is 76.3 cm³/mol. The van der Waals surface area contributed by atoms with Crippen LogP contribution in [0.1, 0.15) is 28.8 Å². The van der Waals surface area contributed by atoms with Crippen LogP contribution in [-0.2, 0) is 4.74 Å². The van der Waals surface area contributed by atoms with Crippen molar-refractivity contribution in [3.8, 4) is 11.8 Å². The van der Waals surface area contributed by atoms with Gasteiger partial charge in [-0.1, -0.05) is 11.8 Å². The van der Waals surface area contributed by atoms with Crippen molar-refractivity contribution in [2.45, 2.75) is 12.8 Å². The quantitative estimate of drug-likeness (QED) is 0.620. The Kier molecular flexibility index (Phi) is 7.33. The number of amides is 1. The number of aliphatic hydroxyl groups is 1. The summed E-state index contributed by atoms with van der Waals surface area (Å²) in [4.78, 5) is 18.0. The molecule has 1 N–H and O–H groups in total. The minimum absolute atomic E-state index is 0.00740. The monoisotopic (exact) mass is 276 g/mol. The van der Waals surface area contributed by atoms with E-state index in [1.807, 2.05) is 0 Å². The first-order chi connectivity index (χ1) is 9.70. The zero-order chi connectivity index (χ0) is 14.8. The molecule has 5 heteroatoms. The average molecular weight is 276 g/mol. The van der Waals surface area contributed by atoms with Gasteiger partial charge in [0.05, 0.1) is 17.7 Å². The van der Waals surface area contributed by atoms with Crippen LogP contribution in [0.15, 0.2) is 18.5 Å². The number of methoxy groups -OCH3 is 1. The highest BCUT2D eigenvalue weighted by atomic mass is 16.5. The molecule has 0 saturated heterocycles. The van der Waals surface area contributed by atoms with E-state index in [1.165, 1.54) is 0 Å². The first-order valence-corrected chi connectivity index (χ1v) is 6.48. The number of carbonyl (C=O) groups excluding carboxylic acids is 1. The summed E-state index contributed by atoms with van der Waals surface area (Å²) in [6.07, 6.45) is 4.32. The van der Waals surface area contributed by atoms with E-state index >= 15 is 0 Å². The third-order valence-corrected chi connectivity index (χ3v) is 2.70. The van der Waals surface area contributed by atoms with Gasteiger partial charge >= 0.3 is 0 Å². The molecule has 1 aromatic rings. The highest BCUT2D eigenvalue weighted by molar-refractivity contribution is 5.96. The summed E-state index contributed by atoms with van der Waals surface area (Å²) < 4.78 is 4.97. The van der Waals surface area contributed by atoms with Crippen LogP contribution in [0.3, 0.4) is 0 Å². The lowest BCUT2D eigenvalue weighted by atomic mass is 10.1. The Hall–Kier alpha value is -1.90. The molecule has 0 aliphatic carbocycles. The topological polar surface area (TPSA) is 62.7 Å². The second-order valence-electron chi connectivity index (χ2n) is 4.27. The van der Waals surface area contributed by atoms with Crippen molar-refractivity contribution in [1.82, 2.24) is 9.88 Å². The van der Waals surface area contributed by atoms with E-state index in [0.717, 1.165) is 6.42 Å². The highest BCUT2D eigenvalue weighted by Crippen LogP contribution is 2.09. The van der Waals surface area contributed by atoms with Crippen LogP contribution in [0.5, 0.6) is 0 Å². The Morgan fingerprint density at radius 1 is 1.55 bits per heavy atom. The van der Waals surface area contributed by atoms with Gasteiger partial charge in [-0.2, -0.15) is 0 Å². The first kappa shape index (κ1) is 16.2. The minimum atomic E-state index is -0.0863. The summed E-state index contributed by atoms with van der Waals surface area (Å²) in [7, 11) is 3.39. The molecule has 0 aliphatic heterocycles. The number of aliphatic hydroxyl groups excluding tert-OH is 1. The molecule has 0 atom stereocenters. The van der Waals surface area contributed by atoms with Crippen LogP contribution in [0.25, 0.3) is 0 Å². The Labute approximate surface area is 119 Å². The van der Waals surface area contributed by atoms with Gasteiger partial charge in [0.2, 0.25) is 0 Å². The molecule has 1 heterocycles. The van der Waals surface area contributed by atoms with Crippen LogP contribution in [0, 0.1) is 11.8 Å². The molecule has 1 rings (SSSR count). The van der Waals surface area contributed by atoms with Gasteiger partial charge in [0.25, 0.3) is 5.91 Å². The van der Waals surface area contributed by atoms with Gasteiger partial charge < -0.3 is 14.7 Å². The van der Waals surface area contributed by atoms with Gasteiger partial charge in [-0.15, -0.1) is 0 Å². The van der Waals surface area contributed by atoms with Crippen molar-refractivity contribution in [2.24, 2.45) is 0 Å². The van der Waals surface area contributed by atoms with E-state index in [0.29, 0.717) is 30.7 Å². The molecule has 0 bridgehead atoms. The predicted octanol–water partition coefficient (Wildman–Crippen LogP) is 0.924. The zero-order valence-corrected chi connectivity index (χ0v) is 11.9. The number of hydrogen-bond acceptors (Lipinski definition) is 4. The van der Waals surface area contributed by atoms with Crippen LogP contribution in [-0.4, -0.2) is 54.8 Å². The van der Waals surface area contributed by atoms with Gasteiger partial charge in [-0.05, 0) is 12.5 Å². The van der Waals surface area contributed by atoms with Gasteiger partial charge in [0.15, 0.2) is 0 Å². The second-order valence-corrected chi connectivity index (χ2v) is 4.27. The number of carbonyl (C=O) groups is 1. The fourth-order valence-corrected chi connectivity index (χ4v) is 1.65. The molecule has 1 amide bonds. The third kappa shape index (κ3) is 5.00. The molecule has 0 saturated carbocycles. The van der Waals surface area contributed by atoms with Gasteiger partial charge in [-0.3, -0.25) is 9.78 Å². The molecule has 5 nitrogen and oxygen atoms in total. The molecule has 0 spiro atoms. The van der Waals surface area contributed by atoms with E-state index in [4.69, 9.17) is 9.84 Å². The van der Waals surface area contributed by atoms with E-state index in [-0.39, 0.29) is 12.5 Å². The molecule has 1 aromatic heterocycles. The minimum Gasteiger partial charge on any atom is -0.395 e. The lowest BCUT2D eigenvalue weighted by Gasteiger charge is -2.17. The fourth-order valence-electron chi connectivity index (χ4n) is 1.65. The van der Waals surface area contributed by atoms with Crippen LogP contribution in [0.2, 0.25) is 0 Å². The number of nitrogens with zero attached hydrogens (tertiary/aromatic N) is 2. The lowest BCUT2D eigenvalue weighted by Crippen LogP contribution is -2.29. The Bertz CT molecular complexity index is 491. The SMILES string of the molecule is COCCCN(C)C(=O)c1ccncc1C#CCCO. The zero-order valence-electron chi connectivity index (χ0n) is 11.9. The average Bonchev–Trinajstić information content (AvgIpc) is 2.47. The number of pyridine rings is 1. The summed E-state index contributed by atoms with van der Waals surface area (Å²) >= 11 is 0. The van der Waals surface area contributed by atoms with E-state index in [1.54, 1.807) is 37.5 Å². The van der Waals surface area contributed by atoms with E-state index in [9.17, 15) is 4.79 Å². The summed E-state index contributed by atoms with van der Waals surface area (Å²) in [6, 6.07) is 1.66. The van der Waals surface area contributed by atoms with E-state index < -0.39 is 0 Å². The first-order valence-electron chi connectivity index (χ1n) is 6.48. The summed E-state index contributed by atoms with van der Waals surface area (Å²) in [5.41, 5.74) is 1.12. The van der Waals surface area contributed by atoms with Crippen LogP contribution >= 0.6 is 0 Å². The van der Waals surface area contributed by atoms with Gasteiger partial charge in [0, 0.05) is 46.1 Å². The second kappa shape index (κ2) is 9.08. The number of aromatic nitrogens is 1. The molecule has 0 aromatic carbocycles. The summed E-state index contributed by atoms with van der Waals surface area (Å²) in [6.45, 7) is 1.25. The normalized spacial score (nSPS) is 9.75. The summed E-state index contributed by atoms with van der Waals surface area (Å²) in [5, 5.41) is 8.73. The number of ether oxygens (including phenoxy) is 1. The highest BCUT2D eigenvalue weighted by Gasteiger charge is 2.14. The third-order valence-electron chi connectivity index (χ3n) is 2.70. The van der Waals surface area contributed by atoms with Crippen LogP contribution in [0.4, 0.5) is 0 Å². The molecule has 0 fully saturated rings. The molecule has 108 valence electrons. The standard InChI is InChI=1S/C15H20N2O3/c1-17(9-5-11-20-2)15(19)14-7-8-16-12-13(14)6-3-4-10-18/h7-8,12,18H,4-5,9-11H2,1-2H3. The Balaban J connectivity index is 2.79.